The van der Waals surface area contributed by atoms with Gasteiger partial charge in [0.15, 0.2) is 0 Å². The van der Waals surface area contributed by atoms with Crippen molar-refractivity contribution in [3.63, 3.8) is 0 Å². The Kier molecular flexibility index (Phi) is 54.9. The van der Waals surface area contributed by atoms with E-state index < -0.39 is 0 Å². The SMILES string of the molecule is CCCCCCCCCCN(CCCCCCCCCC)C(=O)CCCCCCCN(CCCCCC)CCCCCCCC(=O)N(CCCCCCCCCC)CCCCCCCCCC. The molecular weight excluding hydrogens is 819 g/mol. The van der Waals surface area contributed by atoms with Gasteiger partial charge in [-0.05, 0) is 77.4 Å². The van der Waals surface area contributed by atoms with Gasteiger partial charge in [-0.25, -0.2) is 0 Å². The summed E-state index contributed by atoms with van der Waals surface area (Å²) < 4.78 is 0. The second-order valence-corrected chi connectivity index (χ2v) is 21.6. The Labute approximate surface area is 423 Å². The third kappa shape index (κ3) is 48.3. The maximum Gasteiger partial charge on any atom is 0.222 e. The number of unbranched alkanes of at least 4 members (excludes halogenated alkanes) is 39. The minimum absolute atomic E-state index is 0.431. The maximum absolute atomic E-state index is 13.5. The van der Waals surface area contributed by atoms with Crippen molar-refractivity contribution in [2.45, 2.75) is 343 Å². The van der Waals surface area contributed by atoms with Crippen molar-refractivity contribution in [2.75, 3.05) is 45.8 Å². The fraction of sp³-hybridized carbons (Fsp3) is 0.968. The topological polar surface area (TPSA) is 43.9 Å². The van der Waals surface area contributed by atoms with Crippen LogP contribution < -0.4 is 0 Å². The highest BCUT2D eigenvalue weighted by Gasteiger charge is 2.15. The smallest absolute Gasteiger partial charge is 0.222 e. The summed E-state index contributed by atoms with van der Waals surface area (Å²) in [4.78, 5) is 34.2. The summed E-state index contributed by atoms with van der Waals surface area (Å²) in [6.07, 6.45) is 61.6. The molecule has 0 radical (unpaired) electrons. The lowest BCUT2D eigenvalue weighted by Crippen LogP contribution is -2.32. The summed E-state index contributed by atoms with van der Waals surface area (Å²) in [7, 11) is 0. The molecule has 67 heavy (non-hydrogen) atoms. The Morgan fingerprint density at radius 2 is 0.373 bits per heavy atom. The first kappa shape index (κ1) is 65.9. The highest BCUT2D eigenvalue weighted by atomic mass is 16.2. The van der Waals surface area contributed by atoms with Gasteiger partial charge in [-0.1, -0.05) is 272 Å². The summed E-state index contributed by atoms with van der Waals surface area (Å²) in [5.41, 5.74) is 0. The molecule has 400 valence electrons. The Balaban J connectivity index is 4.61. The van der Waals surface area contributed by atoms with Crippen LogP contribution in [0, 0.1) is 0 Å². The third-order valence-electron chi connectivity index (χ3n) is 14.9. The zero-order valence-corrected chi connectivity index (χ0v) is 47.0. The molecule has 0 N–H and O–H groups in total. The Hall–Kier alpha value is -1.10. The number of hydrogen-bond donors (Lipinski definition) is 0. The molecule has 0 unspecified atom stereocenters. The maximum atomic E-state index is 13.5. The van der Waals surface area contributed by atoms with Crippen LogP contribution in [0.1, 0.15) is 343 Å². The molecule has 0 saturated heterocycles. The molecule has 0 bridgehead atoms. The van der Waals surface area contributed by atoms with Gasteiger partial charge in [0.2, 0.25) is 11.8 Å². The van der Waals surface area contributed by atoms with E-state index in [1.54, 1.807) is 0 Å². The van der Waals surface area contributed by atoms with Crippen LogP contribution in [0.25, 0.3) is 0 Å². The lowest BCUT2D eigenvalue weighted by Gasteiger charge is -2.23. The molecule has 0 aliphatic rings. The molecule has 0 rings (SSSR count). The van der Waals surface area contributed by atoms with Crippen LogP contribution in [-0.4, -0.2) is 72.3 Å². The van der Waals surface area contributed by atoms with E-state index in [2.05, 4.69) is 49.3 Å². The van der Waals surface area contributed by atoms with E-state index in [0.29, 0.717) is 11.8 Å². The van der Waals surface area contributed by atoms with Gasteiger partial charge in [-0.3, -0.25) is 9.59 Å². The van der Waals surface area contributed by atoms with Crippen molar-refractivity contribution in [1.29, 1.82) is 0 Å². The van der Waals surface area contributed by atoms with Crippen molar-refractivity contribution in [3.8, 4) is 0 Å². The zero-order chi connectivity index (χ0) is 48.8. The van der Waals surface area contributed by atoms with Gasteiger partial charge >= 0.3 is 0 Å². The molecule has 0 aromatic carbocycles. The molecule has 0 aliphatic carbocycles. The van der Waals surface area contributed by atoms with Crippen LogP contribution in [0.3, 0.4) is 0 Å². The van der Waals surface area contributed by atoms with E-state index in [1.165, 1.54) is 302 Å². The number of rotatable bonds is 57. The van der Waals surface area contributed by atoms with Gasteiger partial charge < -0.3 is 14.7 Å². The Bertz CT molecular complexity index is 862. The van der Waals surface area contributed by atoms with Crippen LogP contribution in [0.2, 0.25) is 0 Å². The van der Waals surface area contributed by atoms with Crippen LogP contribution in [0.4, 0.5) is 0 Å². The largest absolute Gasteiger partial charge is 0.343 e. The average molecular weight is 945 g/mol. The first-order chi connectivity index (χ1) is 33.0. The summed E-state index contributed by atoms with van der Waals surface area (Å²) in [5.74, 6) is 0.863. The van der Waals surface area contributed by atoms with Crippen LogP contribution in [-0.2, 0) is 9.59 Å². The summed E-state index contributed by atoms with van der Waals surface area (Å²) >= 11 is 0. The number of carbonyl (C=O) groups excluding carboxylic acids is 2. The third-order valence-corrected chi connectivity index (χ3v) is 14.9. The van der Waals surface area contributed by atoms with Gasteiger partial charge in [-0.15, -0.1) is 0 Å². The monoisotopic (exact) mass is 944 g/mol. The summed E-state index contributed by atoms with van der Waals surface area (Å²) in [6.45, 7) is 19.1. The Morgan fingerprint density at radius 1 is 0.209 bits per heavy atom. The molecule has 0 fully saturated rings. The van der Waals surface area contributed by atoms with E-state index in [9.17, 15) is 9.59 Å². The van der Waals surface area contributed by atoms with Crippen molar-refractivity contribution < 1.29 is 9.59 Å². The first-order valence-corrected chi connectivity index (χ1v) is 31.3. The van der Waals surface area contributed by atoms with E-state index in [-0.39, 0.29) is 0 Å². The molecule has 0 atom stereocenters. The minimum Gasteiger partial charge on any atom is -0.343 e. The van der Waals surface area contributed by atoms with Crippen LogP contribution in [0.15, 0.2) is 0 Å². The molecule has 5 nitrogen and oxygen atoms in total. The highest BCUT2D eigenvalue weighted by Crippen LogP contribution is 2.17. The normalized spacial score (nSPS) is 11.6. The van der Waals surface area contributed by atoms with E-state index >= 15 is 0 Å². The molecule has 0 saturated carbocycles. The van der Waals surface area contributed by atoms with Crippen LogP contribution >= 0.6 is 0 Å². The summed E-state index contributed by atoms with van der Waals surface area (Å²) in [6, 6.07) is 0. The van der Waals surface area contributed by atoms with Gasteiger partial charge in [-0.2, -0.15) is 0 Å². The molecular formula is C62H125N3O2. The fourth-order valence-corrected chi connectivity index (χ4v) is 10.2. The lowest BCUT2D eigenvalue weighted by atomic mass is 10.1. The molecule has 0 spiro atoms. The minimum atomic E-state index is 0.431. The second-order valence-electron chi connectivity index (χ2n) is 21.6. The molecule has 0 heterocycles. The predicted octanol–water partition coefficient (Wildman–Crippen LogP) is 19.8. The lowest BCUT2D eigenvalue weighted by molar-refractivity contribution is -0.132. The van der Waals surface area contributed by atoms with Gasteiger partial charge in [0.05, 0.1) is 0 Å². The number of carbonyl (C=O) groups is 2. The molecule has 0 aliphatic heterocycles. The number of amides is 2. The molecule has 0 aromatic heterocycles. The van der Waals surface area contributed by atoms with Gasteiger partial charge in [0, 0.05) is 39.0 Å². The van der Waals surface area contributed by atoms with Crippen molar-refractivity contribution in [1.82, 2.24) is 14.7 Å². The number of nitrogens with zero attached hydrogens (tertiary/aromatic N) is 3. The van der Waals surface area contributed by atoms with E-state index in [0.717, 1.165) is 51.9 Å². The summed E-state index contributed by atoms with van der Waals surface area (Å²) in [5, 5.41) is 0. The zero-order valence-electron chi connectivity index (χ0n) is 47.0. The predicted molar refractivity (Wildman–Crippen MR) is 300 cm³/mol. The first-order valence-electron chi connectivity index (χ1n) is 31.3. The average Bonchev–Trinajstić information content (AvgIpc) is 3.33. The van der Waals surface area contributed by atoms with Crippen LogP contribution in [0.5, 0.6) is 0 Å². The van der Waals surface area contributed by atoms with Gasteiger partial charge in [0.1, 0.15) is 0 Å². The molecule has 0 aromatic rings. The highest BCUT2D eigenvalue weighted by molar-refractivity contribution is 5.76. The molecule has 5 heteroatoms. The van der Waals surface area contributed by atoms with Crippen molar-refractivity contribution in [3.05, 3.63) is 0 Å². The Morgan fingerprint density at radius 3 is 0.597 bits per heavy atom. The second kappa shape index (κ2) is 55.8. The van der Waals surface area contributed by atoms with Crippen molar-refractivity contribution in [2.24, 2.45) is 0 Å². The number of hydrogen-bond acceptors (Lipinski definition) is 3. The fourth-order valence-electron chi connectivity index (χ4n) is 10.2. The van der Waals surface area contributed by atoms with Crippen molar-refractivity contribution >= 4 is 11.8 Å². The molecule has 2 amide bonds. The van der Waals surface area contributed by atoms with E-state index in [4.69, 9.17) is 0 Å². The van der Waals surface area contributed by atoms with Gasteiger partial charge in [0.25, 0.3) is 0 Å². The standard InChI is InChI=1S/C62H125N3O2/c1-6-11-16-21-25-29-39-48-57-64(58-49-40-30-26-22-17-12-7-2)61(66)52-43-35-33-37-46-55-63(54-45-20-15-10-5)56-47-38-34-36-44-53-62(67)65(59-50-41-31-27-23-18-13-8-3)60-51-42-32-28-24-19-14-9-4/h6-60H2,1-5H3. The van der Waals surface area contributed by atoms with E-state index in [1.807, 2.05) is 0 Å². The quantitative estimate of drug-likeness (QED) is 0.0571.